The van der Waals surface area contributed by atoms with E-state index in [-0.39, 0.29) is 42.6 Å². The number of aryl methyl sites for hydroxylation is 1. The average molecular weight is 493 g/mol. The van der Waals surface area contributed by atoms with Crippen molar-refractivity contribution in [1.82, 2.24) is 4.31 Å². The fraction of sp³-hybridized carbons (Fsp3) is 0.474. The molecule has 1 aliphatic heterocycles. The van der Waals surface area contributed by atoms with Crippen LogP contribution in [0.5, 0.6) is 0 Å². The van der Waals surface area contributed by atoms with E-state index in [1.807, 2.05) is 0 Å². The Bertz CT molecular complexity index is 1110. The van der Waals surface area contributed by atoms with E-state index < -0.39 is 51.1 Å². The molecule has 2 aromatic rings. The molecule has 0 bridgehead atoms. The van der Waals surface area contributed by atoms with Crippen molar-refractivity contribution in [2.45, 2.75) is 30.0 Å². The zero-order valence-electron chi connectivity index (χ0n) is 17.5. The molecule has 33 heavy (non-hydrogen) atoms. The number of aliphatic hydroxyl groups is 1. The predicted molar refractivity (Wildman–Crippen MR) is 109 cm³/mol. The van der Waals surface area contributed by atoms with E-state index in [0.29, 0.717) is 0 Å². The van der Waals surface area contributed by atoms with Crippen molar-refractivity contribution in [2.24, 2.45) is 0 Å². The second kappa shape index (κ2) is 9.29. The van der Waals surface area contributed by atoms with Crippen LogP contribution < -0.4 is 5.32 Å². The molecule has 0 saturated carbocycles. The van der Waals surface area contributed by atoms with Gasteiger partial charge < -0.3 is 19.6 Å². The van der Waals surface area contributed by atoms with Gasteiger partial charge in [0.05, 0.1) is 23.0 Å². The van der Waals surface area contributed by atoms with Crippen molar-refractivity contribution < 1.29 is 40.8 Å². The number of hydrogen-bond donors (Lipinski definition) is 2. The number of nitrogens with zero attached hydrogens (tertiary/aromatic N) is 2. The fourth-order valence-electron chi connectivity index (χ4n) is 3.35. The Kier molecular flexibility index (Phi) is 7.02. The lowest BCUT2D eigenvalue weighted by Crippen LogP contribution is -2.43. The number of nitro groups is 1. The molecule has 3 rings (SSSR count). The maximum Gasteiger partial charge on any atom is 0.424 e. The molecule has 1 fully saturated rings. The number of hydrogen-bond acceptors (Lipinski definition) is 8. The lowest BCUT2D eigenvalue weighted by atomic mass is 9.95. The van der Waals surface area contributed by atoms with Crippen molar-refractivity contribution in [3.8, 4) is 0 Å². The van der Waals surface area contributed by atoms with Gasteiger partial charge in [-0.15, -0.1) is 0 Å². The maximum atomic E-state index is 13.6. The summed E-state index contributed by atoms with van der Waals surface area (Å²) in [6, 6.07) is 5.37. The van der Waals surface area contributed by atoms with Crippen molar-refractivity contribution in [3.05, 3.63) is 52.0 Å². The molecule has 0 amide bonds. The Morgan fingerprint density at radius 2 is 1.88 bits per heavy atom. The largest absolute Gasteiger partial charge is 0.463 e. The Morgan fingerprint density at radius 1 is 1.21 bits per heavy atom. The molecule has 10 nitrogen and oxygen atoms in total. The van der Waals surface area contributed by atoms with E-state index in [4.69, 9.17) is 9.15 Å². The van der Waals surface area contributed by atoms with Crippen LogP contribution in [-0.2, 0) is 20.4 Å². The van der Waals surface area contributed by atoms with Gasteiger partial charge >= 0.3 is 6.18 Å². The van der Waals surface area contributed by atoms with Crippen LogP contribution in [0.4, 0.5) is 24.5 Å². The molecule has 14 heteroatoms. The van der Waals surface area contributed by atoms with Crippen LogP contribution in [0, 0.1) is 17.0 Å². The number of rotatable bonds is 8. The van der Waals surface area contributed by atoms with Gasteiger partial charge in [0.25, 0.3) is 5.69 Å². The summed E-state index contributed by atoms with van der Waals surface area (Å²) in [4.78, 5) is 10.4. The number of alkyl halides is 3. The lowest BCUT2D eigenvalue weighted by molar-refractivity contribution is -0.384. The molecule has 2 N–H and O–H groups in total. The highest BCUT2D eigenvalue weighted by molar-refractivity contribution is 7.89. The Morgan fingerprint density at radius 3 is 2.42 bits per heavy atom. The van der Waals surface area contributed by atoms with Crippen LogP contribution in [0.15, 0.2) is 39.6 Å². The summed E-state index contributed by atoms with van der Waals surface area (Å²) in [5, 5.41) is 24.3. The third-order valence-electron chi connectivity index (χ3n) is 5.19. The van der Waals surface area contributed by atoms with Crippen LogP contribution in [0.1, 0.15) is 17.9 Å². The Hall–Kier alpha value is -2.68. The Balaban J connectivity index is 1.81. The first-order chi connectivity index (χ1) is 15.4. The molecule has 182 valence electrons. The molecule has 0 radical (unpaired) electrons. The van der Waals surface area contributed by atoms with Gasteiger partial charge in [-0.25, -0.2) is 8.42 Å². The SMILES string of the molecule is Cc1ccc([C@](O)(CCNc2ccc(S(=O)(=O)N3CCOCC3)cc2[N+](=O)[O-])C(F)(F)F)o1. The first-order valence-electron chi connectivity index (χ1n) is 9.82. The van der Waals surface area contributed by atoms with Crippen molar-refractivity contribution in [1.29, 1.82) is 0 Å². The first kappa shape index (κ1) is 25.0. The second-order valence-electron chi connectivity index (χ2n) is 7.40. The van der Waals surface area contributed by atoms with Gasteiger partial charge in [-0.2, -0.15) is 17.5 Å². The maximum absolute atomic E-state index is 13.6. The van der Waals surface area contributed by atoms with Crippen LogP contribution in [-0.4, -0.2) is 61.8 Å². The van der Waals surface area contributed by atoms with E-state index in [1.165, 1.54) is 13.0 Å². The standard InChI is InChI=1S/C19H22F3N3O7S/c1-13-2-5-17(32-13)18(26,19(20,21)22)6-7-23-15-4-3-14(12-16(15)25(27)28)33(29,30)24-8-10-31-11-9-24/h2-5,12,23,26H,6-11H2,1H3/t18-/m1/s1. The number of anilines is 1. The van der Waals surface area contributed by atoms with Gasteiger partial charge in [0.2, 0.25) is 15.6 Å². The molecule has 1 atom stereocenters. The highest BCUT2D eigenvalue weighted by Crippen LogP contribution is 2.42. The van der Waals surface area contributed by atoms with E-state index in [9.17, 15) is 36.8 Å². The molecule has 1 aliphatic rings. The number of nitro benzene ring substituents is 1. The molecular weight excluding hydrogens is 471 g/mol. The highest BCUT2D eigenvalue weighted by Gasteiger charge is 2.56. The van der Waals surface area contributed by atoms with Gasteiger partial charge in [-0.05, 0) is 31.2 Å². The normalized spacial score (nSPS) is 17.5. The second-order valence-corrected chi connectivity index (χ2v) is 9.34. The molecule has 1 aromatic heterocycles. The fourth-order valence-corrected chi connectivity index (χ4v) is 4.78. The van der Waals surface area contributed by atoms with Crippen LogP contribution in [0.3, 0.4) is 0 Å². The third kappa shape index (κ3) is 5.13. The molecule has 2 heterocycles. The minimum atomic E-state index is -5.07. The molecule has 0 unspecified atom stereocenters. The van der Waals surface area contributed by atoms with Gasteiger partial charge in [0.1, 0.15) is 17.2 Å². The van der Waals surface area contributed by atoms with Crippen LogP contribution in [0.25, 0.3) is 0 Å². The first-order valence-corrected chi connectivity index (χ1v) is 11.3. The van der Waals surface area contributed by atoms with Gasteiger partial charge in [-0.3, -0.25) is 10.1 Å². The molecule has 1 aromatic carbocycles. The topological polar surface area (TPSA) is 135 Å². The summed E-state index contributed by atoms with van der Waals surface area (Å²) < 4.78 is 77.4. The summed E-state index contributed by atoms with van der Waals surface area (Å²) in [7, 11) is -4.01. The number of benzene rings is 1. The number of halogens is 3. The molecule has 1 saturated heterocycles. The van der Waals surface area contributed by atoms with Crippen molar-refractivity contribution in [2.75, 3.05) is 38.2 Å². The highest BCUT2D eigenvalue weighted by atomic mass is 32.2. The van der Waals surface area contributed by atoms with E-state index in [1.54, 1.807) is 0 Å². The van der Waals surface area contributed by atoms with Gasteiger partial charge in [-0.1, -0.05) is 0 Å². The zero-order valence-corrected chi connectivity index (χ0v) is 18.3. The van der Waals surface area contributed by atoms with Crippen molar-refractivity contribution in [3.63, 3.8) is 0 Å². The summed E-state index contributed by atoms with van der Waals surface area (Å²) >= 11 is 0. The minimum Gasteiger partial charge on any atom is -0.463 e. The monoisotopic (exact) mass is 493 g/mol. The number of ether oxygens (including phenoxy) is 1. The van der Waals surface area contributed by atoms with Crippen LogP contribution in [0.2, 0.25) is 0 Å². The Labute approximate surface area is 187 Å². The summed E-state index contributed by atoms with van der Waals surface area (Å²) in [6.45, 7) is 1.48. The zero-order chi connectivity index (χ0) is 24.4. The smallest absolute Gasteiger partial charge is 0.424 e. The summed E-state index contributed by atoms with van der Waals surface area (Å²) in [5.74, 6) is -0.524. The van der Waals surface area contributed by atoms with E-state index in [2.05, 4.69) is 5.32 Å². The van der Waals surface area contributed by atoms with Crippen molar-refractivity contribution >= 4 is 21.4 Å². The molecule has 0 spiro atoms. The quantitative estimate of drug-likeness (QED) is 0.423. The van der Waals surface area contributed by atoms with Crippen LogP contribution >= 0.6 is 0 Å². The lowest BCUT2D eigenvalue weighted by Gasteiger charge is -2.28. The van der Waals surface area contributed by atoms with Gasteiger partial charge in [0, 0.05) is 32.1 Å². The molecule has 0 aliphatic carbocycles. The average Bonchev–Trinajstić information content (AvgIpc) is 3.20. The number of furan rings is 1. The van der Waals surface area contributed by atoms with Gasteiger partial charge in [0.15, 0.2) is 0 Å². The van der Waals surface area contributed by atoms with E-state index in [0.717, 1.165) is 28.6 Å². The minimum absolute atomic E-state index is 0.0956. The number of sulfonamides is 1. The third-order valence-corrected chi connectivity index (χ3v) is 7.09. The predicted octanol–water partition coefficient (Wildman–Crippen LogP) is 2.77. The summed E-state index contributed by atoms with van der Waals surface area (Å²) in [6.07, 6.45) is -5.98. The summed E-state index contributed by atoms with van der Waals surface area (Å²) in [5.41, 5.74) is -4.14. The van der Waals surface area contributed by atoms with E-state index >= 15 is 0 Å². The number of morpholine rings is 1. The molecular formula is C19H22F3N3O7S. The number of nitrogens with one attached hydrogen (secondary N) is 1.